The van der Waals surface area contributed by atoms with Crippen LogP contribution in [0.25, 0.3) is 11.0 Å². The molecule has 1 aromatic heterocycles. The number of rotatable bonds is 2. The predicted molar refractivity (Wildman–Crippen MR) is 60.2 cm³/mol. The molecule has 1 heterocycles. The summed E-state index contributed by atoms with van der Waals surface area (Å²) in [6.45, 7) is 2.16. The van der Waals surface area contributed by atoms with Crippen LogP contribution in [0.2, 0.25) is 5.02 Å². The Morgan fingerprint density at radius 3 is 2.75 bits per heavy atom. The second-order valence-corrected chi connectivity index (χ2v) is 5.00. The average Bonchev–Trinajstić information content (AvgIpc) is 2.54. The van der Waals surface area contributed by atoms with E-state index in [0.29, 0.717) is 22.6 Å². The van der Waals surface area contributed by atoms with E-state index >= 15 is 0 Å². The van der Waals surface area contributed by atoms with Crippen LogP contribution in [0, 0.1) is 0 Å². The van der Waals surface area contributed by atoms with Crippen molar-refractivity contribution in [3.63, 3.8) is 0 Å². The largest absolute Gasteiger partial charge is 0.328 e. The summed E-state index contributed by atoms with van der Waals surface area (Å²) in [5, 5.41) is 0.113. The van der Waals surface area contributed by atoms with Gasteiger partial charge >= 0.3 is 10.1 Å². The van der Waals surface area contributed by atoms with Crippen molar-refractivity contribution in [3.05, 3.63) is 23.2 Å². The first-order chi connectivity index (χ1) is 7.43. The summed E-state index contributed by atoms with van der Waals surface area (Å²) >= 11 is 5.78. The number of fused-ring (bicyclic) bond motifs is 1. The van der Waals surface area contributed by atoms with E-state index in [9.17, 15) is 8.42 Å². The molecule has 16 heavy (non-hydrogen) atoms. The number of nitrogens with zero attached hydrogens (tertiary/aromatic N) is 2. The molecule has 0 amide bonds. The molecule has 0 atom stereocenters. The van der Waals surface area contributed by atoms with E-state index in [1.54, 1.807) is 25.1 Å². The van der Waals surface area contributed by atoms with Crippen LogP contribution >= 0.6 is 11.6 Å². The van der Waals surface area contributed by atoms with E-state index in [2.05, 4.69) is 4.98 Å². The van der Waals surface area contributed by atoms with Crippen molar-refractivity contribution < 1.29 is 13.0 Å². The highest BCUT2D eigenvalue weighted by Crippen LogP contribution is 2.22. The molecule has 1 N–H and O–H groups in total. The fourth-order valence-electron chi connectivity index (χ4n) is 1.58. The quantitative estimate of drug-likeness (QED) is 0.838. The average molecular weight is 261 g/mol. The number of benzene rings is 1. The van der Waals surface area contributed by atoms with E-state index in [-0.39, 0.29) is 5.16 Å². The van der Waals surface area contributed by atoms with Gasteiger partial charge < -0.3 is 4.57 Å². The van der Waals surface area contributed by atoms with Crippen molar-refractivity contribution in [2.45, 2.75) is 18.6 Å². The van der Waals surface area contributed by atoms with Crippen molar-refractivity contribution >= 4 is 32.8 Å². The summed E-state index contributed by atoms with van der Waals surface area (Å²) in [7, 11) is -4.31. The molecule has 0 spiro atoms. The minimum atomic E-state index is -4.31. The zero-order valence-corrected chi connectivity index (χ0v) is 9.96. The lowest BCUT2D eigenvalue weighted by Gasteiger charge is -2.02. The second-order valence-electron chi connectivity index (χ2n) is 3.25. The van der Waals surface area contributed by atoms with Gasteiger partial charge in [-0.15, -0.1) is 0 Å². The van der Waals surface area contributed by atoms with Gasteiger partial charge in [0.15, 0.2) is 0 Å². The van der Waals surface area contributed by atoms with Crippen molar-refractivity contribution in [1.29, 1.82) is 0 Å². The van der Waals surface area contributed by atoms with E-state index in [0.717, 1.165) is 0 Å². The Hall–Kier alpha value is -1.11. The van der Waals surface area contributed by atoms with Crippen LogP contribution in [-0.2, 0) is 16.7 Å². The second kappa shape index (κ2) is 3.73. The van der Waals surface area contributed by atoms with Crippen molar-refractivity contribution in [2.24, 2.45) is 0 Å². The highest BCUT2D eigenvalue weighted by atomic mass is 35.5. The van der Waals surface area contributed by atoms with Crippen LogP contribution < -0.4 is 0 Å². The number of aryl methyl sites for hydroxylation is 1. The first kappa shape index (κ1) is 11.4. The fraction of sp³-hybridized carbons (Fsp3) is 0.222. The lowest BCUT2D eigenvalue weighted by Crippen LogP contribution is -2.08. The molecule has 2 rings (SSSR count). The van der Waals surface area contributed by atoms with Crippen LogP contribution in [0.3, 0.4) is 0 Å². The first-order valence-corrected chi connectivity index (χ1v) is 6.38. The monoisotopic (exact) mass is 260 g/mol. The van der Waals surface area contributed by atoms with Crippen LogP contribution in [0.15, 0.2) is 23.4 Å². The lowest BCUT2D eigenvalue weighted by molar-refractivity contribution is 0.466. The molecule has 86 valence electrons. The van der Waals surface area contributed by atoms with Gasteiger partial charge in [-0.1, -0.05) is 11.6 Å². The van der Waals surface area contributed by atoms with E-state index in [4.69, 9.17) is 16.2 Å². The molecule has 1 aromatic carbocycles. The summed E-state index contributed by atoms with van der Waals surface area (Å²) in [6, 6.07) is 4.87. The molecule has 5 nitrogen and oxygen atoms in total. The minimum absolute atomic E-state index is 0.354. The predicted octanol–water partition coefficient (Wildman–Crippen LogP) is 1.96. The topological polar surface area (TPSA) is 72.2 Å². The maximum Gasteiger partial charge on any atom is 0.328 e. The molecule has 0 aliphatic heterocycles. The Morgan fingerprint density at radius 1 is 1.50 bits per heavy atom. The summed E-state index contributed by atoms with van der Waals surface area (Å²) in [6.07, 6.45) is 0. The van der Waals surface area contributed by atoms with Gasteiger partial charge in [-0.2, -0.15) is 8.42 Å². The van der Waals surface area contributed by atoms with Gasteiger partial charge in [-0.25, -0.2) is 4.98 Å². The molecule has 2 aromatic rings. The number of aromatic nitrogens is 2. The normalized spacial score (nSPS) is 12.2. The van der Waals surface area contributed by atoms with Gasteiger partial charge in [0.2, 0.25) is 0 Å². The third-order valence-corrected chi connectivity index (χ3v) is 3.23. The molecule has 0 unspecified atom stereocenters. The molecule has 0 aliphatic rings. The third kappa shape index (κ3) is 1.79. The number of hydrogen-bond acceptors (Lipinski definition) is 3. The Balaban J connectivity index is 2.86. The highest BCUT2D eigenvalue weighted by molar-refractivity contribution is 7.85. The zero-order valence-electron chi connectivity index (χ0n) is 8.38. The SMILES string of the molecule is CCn1c(S(=O)(=O)O)nc2cc(Cl)ccc21. The van der Waals surface area contributed by atoms with Crippen molar-refractivity contribution in [3.8, 4) is 0 Å². The fourth-order valence-corrected chi connectivity index (χ4v) is 2.47. The third-order valence-electron chi connectivity index (χ3n) is 2.22. The molecule has 7 heteroatoms. The van der Waals surface area contributed by atoms with Gasteiger partial charge in [0.05, 0.1) is 11.0 Å². The standard InChI is InChI=1S/C9H9ClN2O3S/c1-2-12-8-4-3-6(10)5-7(8)11-9(12)16(13,14)15/h3-5H,2H2,1H3,(H,13,14,15). The Bertz CT molecular complexity index is 648. The van der Waals surface area contributed by atoms with E-state index in [1.807, 2.05) is 0 Å². The first-order valence-electron chi connectivity index (χ1n) is 4.56. The Morgan fingerprint density at radius 2 is 2.19 bits per heavy atom. The summed E-state index contributed by atoms with van der Waals surface area (Å²) in [5.41, 5.74) is 1.07. The number of imidazole rings is 1. The highest BCUT2D eigenvalue weighted by Gasteiger charge is 2.20. The molecule has 0 saturated heterocycles. The number of hydrogen-bond donors (Lipinski definition) is 1. The molecule has 0 fully saturated rings. The van der Waals surface area contributed by atoms with Gasteiger partial charge in [0, 0.05) is 11.6 Å². The molecule has 0 radical (unpaired) electrons. The van der Waals surface area contributed by atoms with Crippen LogP contribution in [-0.4, -0.2) is 22.5 Å². The molecule has 0 saturated carbocycles. The van der Waals surface area contributed by atoms with Gasteiger partial charge in [0.25, 0.3) is 5.16 Å². The van der Waals surface area contributed by atoms with Crippen molar-refractivity contribution in [2.75, 3.05) is 0 Å². The van der Waals surface area contributed by atoms with Gasteiger partial charge in [0.1, 0.15) is 0 Å². The van der Waals surface area contributed by atoms with Gasteiger partial charge in [-0.3, -0.25) is 4.55 Å². The van der Waals surface area contributed by atoms with E-state index < -0.39 is 10.1 Å². The summed E-state index contributed by atoms with van der Waals surface area (Å²) < 4.78 is 32.7. The summed E-state index contributed by atoms with van der Waals surface area (Å²) in [5.74, 6) is 0. The van der Waals surface area contributed by atoms with E-state index in [1.165, 1.54) is 4.57 Å². The summed E-state index contributed by atoms with van der Waals surface area (Å²) in [4.78, 5) is 3.86. The van der Waals surface area contributed by atoms with Crippen LogP contribution in [0.1, 0.15) is 6.92 Å². The van der Waals surface area contributed by atoms with Crippen molar-refractivity contribution in [1.82, 2.24) is 9.55 Å². The molecule has 0 aliphatic carbocycles. The zero-order chi connectivity index (χ0) is 11.9. The molecule has 0 bridgehead atoms. The van der Waals surface area contributed by atoms with Crippen LogP contribution in [0.5, 0.6) is 0 Å². The Kier molecular flexibility index (Phi) is 2.65. The maximum absolute atomic E-state index is 11.1. The minimum Gasteiger partial charge on any atom is -0.313 e. The smallest absolute Gasteiger partial charge is 0.313 e. The molecular weight excluding hydrogens is 252 g/mol. The number of halogens is 1. The van der Waals surface area contributed by atoms with Gasteiger partial charge in [-0.05, 0) is 25.1 Å². The lowest BCUT2D eigenvalue weighted by atomic mass is 10.3. The Labute approximate surface area is 97.4 Å². The van der Waals surface area contributed by atoms with Crippen LogP contribution in [0.4, 0.5) is 0 Å². The maximum atomic E-state index is 11.1. The molecular formula is C9H9ClN2O3S.